The molecule has 1 aromatic heterocycles. The first-order valence-electron chi connectivity index (χ1n) is 9.27. The zero-order valence-electron chi connectivity index (χ0n) is 14.8. The van der Waals surface area contributed by atoms with E-state index < -0.39 is 0 Å². The number of benzene rings is 1. The zero-order chi connectivity index (χ0) is 17.8. The summed E-state index contributed by atoms with van der Waals surface area (Å²) >= 11 is 8.01. The second-order valence-corrected chi connectivity index (χ2v) is 8.37. The van der Waals surface area contributed by atoms with Gasteiger partial charge in [-0.3, -0.25) is 4.90 Å². The van der Waals surface area contributed by atoms with Crippen LogP contribution in [-0.4, -0.2) is 56.7 Å². The van der Waals surface area contributed by atoms with Crippen LogP contribution in [0.1, 0.15) is 37.3 Å². The summed E-state index contributed by atoms with van der Waals surface area (Å²) in [7, 11) is 0. The number of halogens is 1. The summed E-state index contributed by atoms with van der Waals surface area (Å²) in [6, 6.07) is 8.53. The molecule has 140 valence electrons. The highest BCUT2D eigenvalue weighted by Gasteiger charge is 2.25. The van der Waals surface area contributed by atoms with Crippen LogP contribution in [0.4, 0.5) is 0 Å². The number of rotatable bonds is 6. The lowest BCUT2D eigenvalue weighted by Crippen LogP contribution is -2.43. The molecule has 2 aromatic rings. The Hall–Kier alpha value is -1.15. The van der Waals surface area contributed by atoms with Crippen molar-refractivity contribution in [3.8, 4) is 0 Å². The first-order chi connectivity index (χ1) is 12.8. The van der Waals surface area contributed by atoms with Crippen molar-refractivity contribution in [3.63, 3.8) is 0 Å². The normalized spacial score (nSPS) is 22.1. The summed E-state index contributed by atoms with van der Waals surface area (Å²) in [5.74, 6) is 0.867. The Morgan fingerprint density at radius 2 is 2.08 bits per heavy atom. The number of hydrogen-bond acceptors (Lipinski definition) is 6. The third-order valence-corrected chi connectivity index (χ3v) is 6.54. The van der Waals surface area contributed by atoms with Gasteiger partial charge in [0.1, 0.15) is 0 Å². The van der Waals surface area contributed by atoms with Crippen LogP contribution in [0.2, 0.25) is 5.02 Å². The molecule has 0 spiro atoms. The molecular weight excluding hydrogens is 370 g/mol. The molecule has 0 N–H and O–H groups in total. The topological polar surface area (TPSA) is 56.1 Å². The molecule has 26 heavy (non-hydrogen) atoms. The summed E-state index contributed by atoms with van der Waals surface area (Å²) in [5.41, 5.74) is 1.17. The van der Waals surface area contributed by atoms with Crippen LogP contribution in [0, 0.1) is 0 Å². The number of aromatic nitrogens is 4. The van der Waals surface area contributed by atoms with Crippen molar-refractivity contribution >= 4 is 23.4 Å². The second kappa shape index (κ2) is 8.69. The predicted octanol–water partition coefficient (Wildman–Crippen LogP) is 3.43. The van der Waals surface area contributed by atoms with E-state index in [1.165, 1.54) is 31.2 Å². The molecule has 8 heteroatoms. The molecule has 1 atom stereocenters. The molecule has 0 unspecified atom stereocenters. The van der Waals surface area contributed by atoms with Gasteiger partial charge in [0.05, 0.1) is 18.8 Å². The van der Waals surface area contributed by atoms with E-state index >= 15 is 0 Å². The smallest absolute Gasteiger partial charge is 0.209 e. The predicted molar refractivity (Wildman–Crippen MR) is 103 cm³/mol. The van der Waals surface area contributed by atoms with Crippen LogP contribution in [-0.2, 0) is 11.3 Å². The van der Waals surface area contributed by atoms with Gasteiger partial charge in [0.15, 0.2) is 0 Å². The molecule has 0 radical (unpaired) electrons. The highest BCUT2D eigenvalue weighted by Crippen LogP contribution is 2.31. The van der Waals surface area contributed by atoms with Gasteiger partial charge in [0.2, 0.25) is 5.16 Å². The Balaban J connectivity index is 1.31. The lowest BCUT2D eigenvalue weighted by atomic mass is 10.2. The van der Waals surface area contributed by atoms with Crippen LogP contribution >= 0.6 is 23.4 Å². The van der Waals surface area contributed by atoms with E-state index in [4.69, 9.17) is 16.3 Å². The van der Waals surface area contributed by atoms with E-state index in [1.807, 2.05) is 22.9 Å². The van der Waals surface area contributed by atoms with Crippen molar-refractivity contribution in [1.29, 1.82) is 0 Å². The minimum atomic E-state index is 0.185. The van der Waals surface area contributed by atoms with Gasteiger partial charge in [-0.2, -0.15) is 0 Å². The number of ether oxygens (including phenoxy) is 1. The monoisotopic (exact) mass is 393 g/mol. The molecule has 1 aliphatic heterocycles. The molecule has 0 amide bonds. The lowest BCUT2D eigenvalue weighted by molar-refractivity contribution is -0.0187. The van der Waals surface area contributed by atoms with Crippen LogP contribution < -0.4 is 0 Å². The van der Waals surface area contributed by atoms with Gasteiger partial charge in [0.25, 0.3) is 0 Å². The van der Waals surface area contributed by atoms with Crippen LogP contribution in [0.15, 0.2) is 29.4 Å². The second-order valence-electron chi connectivity index (χ2n) is 6.97. The number of hydrogen-bond donors (Lipinski definition) is 0. The van der Waals surface area contributed by atoms with E-state index in [0.717, 1.165) is 42.2 Å². The summed E-state index contributed by atoms with van der Waals surface area (Å²) < 4.78 is 7.98. The number of thioether (sulfide) groups is 1. The minimum absolute atomic E-state index is 0.185. The highest BCUT2D eigenvalue weighted by molar-refractivity contribution is 7.99. The summed E-state index contributed by atoms with van der Waals surface area (Å²) in [6.45, 7) is 3.46. The van der Waals surface area contributed by atoms with E-state index in [-0.39, 0.29) is 6.10 Å². The third-order valence-electron chi connectivity index (χ3n) is 5.11. The van der Waals surface area contributed by atoms with E-state index in [2.05, 4.69) is 26.5 Å². The maximum atomic E-state index is 6.30. The molecule has 2 heterocycles. The van der Waals surface area contributed by atoms with Crippen LogP contribution in [0.5, 0.6) is 0 Å². The summed E-state index contributed by atoms with van der Waals surface area (Å²) in [4.78, 5) is 2.41. The summed E-state index contributed by atoms with van der Waals surface area (Å²) in [6.07, 6.45) is 5.10. The van der Waals surface area contributed by atoms with Crippen molar-refractivity contribution in [1.82, 2.24) is 25.1 Å². The van der Waals surface area contributed by atoms with Crippen molar-refractivity contribution in [3.05, 3.63) is 34.9 Å². The fourth-order valence-corrected chi connectivity index (χ4v) is 4.86. The minimum Gasteiger partial charge on any atom is -0.375 e. The maximum absolute atomic E-state index is 6.30. The Bertz CT molecular complexity index is 721. The largest absolute Gasteiger partial charge is 0.375 e. The van der Waals surface area contributed by atoms with Gasteiger partial charge in [-0.05, 0) is 34.9 Å². The molecule has 2 aliphatic rings. The lowest BCUT2D eigenvalue weighted by Gasteiger charge is -2.32. The maximum Gasteiger partial charge on any atom is 0.209 e. The van der Waals surface area contributed by atoms with Gasteiger partial charge in [-0.25, -0.2) is 4.68 Å². The van der Waals surface area contributed by atoms with E-state index in [9.17, 15) is 0 Å². The van der Waals surface area contributed by atoms with Crippen molar-refractivity contribution in [2.24, 2.45) is 0 Å². The molecule has 1 aromatic carbocycles. The van der Waals surface area contributed by atoms with Gasteiger partial charge in [0, 0.05) is 30.4 Å². The first kappa shape index (κ1) is 18.2. The molecular formula is C18H24ClN5OS. The fourth-order valence-electron chi connectivity index (χ4n) is 3.72. The SMILES string of the molecule is Clc1ccccc1CN1CCO[C@@H](CSc2nnnn2C2CCCC2)C1. The van der Waals surface area contributed by atoms with Gasteiger partial charge in [-0.1, -0.05) is 54.4 Å². The molecule has 0 bridgehead atoms. The first-order valence-corrected chi connectivity index (χ1v) is 10.6. The van der Waals surface area contributed by atoms with Crippen LogP contribution in [0.3, 0.4) is 0 Å². The molecule has 6 nitrogen and oxygen atoms in total. The standard InChI is InChI=1S/C18H24ClN5OS/c19-17-8-4-1-5-14(17)11-23-9-10-25-16(12-23)13-26-18-20-21-22-24(18)15-6-2-3-7-15/h1,4-5,8,15-16H,2-3,6-7,9-13H2/t16-/m1/s1. The Morgan fingerprint density at radius 1 is 1.23 bits per heavy atom. The van der Waals surface area contributed by atoms with Gasteiger partial charge in [-0.15, -0.1) is 5.10 Å². The number of morpholine rings is 1. The molecule has 2 fully saturated rings. The Kier molecular flexibility index (Phi) is 6.09. The van der Waals surface area contributed by atoms with Crippen molar-refractivity contribution in [2.75, 3.05) is 25.4 Å². The quantitative estimate of drug-likeness (QED) is 0.701. The fraction of sp³-hybridized carbons (Fsp3) is 0.611. The highest BCUT2D eigenvalue weighted by atomic mass is 35.5. The molecule has 1 aliphatic carbocycles. The third kappa shape index (κ3) is 4.39. The van der Waals surface area contributed by atoms with Crippen molar-refractivity contribution in [2.45, 2.75) is 49.5 Å². The molecule has 1 saturated heterocycles. The zero-order valence-corrected chi connectivity index (χ0v) is 16.3. The van der Waals surface area contributed by atoms with E-state index in [1.54, 1.807) is 11.8 Å². The van der Waals surface area contributed by atoms with E-state index in [0.29, 0.717) is 6.04 Å². The molecule has 4 rings (SSSR count). The summed E-state index contributed by atoms with van der Waals surface area (Å²) in [5, 5.41) is 14.1. The Labute approximate surface area is 163 Å². The van der Waals surface area contributed by atoms with Gasteiger partial charge < -0.3 is 4.74 Å². The number of tetrazole rings is 1. The van der Waals surface area contributed by atoms with Gasteiger partial charge >= 0.3 is 0 Å². The average molecular weight is 394 g/mol. The Morgan fingerprint density at radius 3 is 2.92 bits per heavy atom. The average Bonchev–Trinajstić information content (AvgIpc) is 3.33. The van der Waals surface area contributed by atoms with Crippen LogP contribution in [0.25, 0.3) is 0 Å². The number of nitrogens with zero attached hydrogens (tertiary/aromatic N) is 5. The van der Waals surface area contributed by atoms with Crippen molar-refractivity contribution < 1.29 is 4.74 Å². The molecule has 1 saturated carbocycles.